The van der Waals surface area contributed by atoms with Crippen LogP contribution in [0.3, 0.4) is 0 Å². The third kappa shape index (κ3) is 4.43. The number of halogens is 1. The average molecular weight is 280 g/mol. The SMILES string of the molecule is C=C(Br)CN=C=Nc1cccc(N(C)C)c1. The van der Waals surface area contributed by atoms with Gasteiger partial charge in [-0.05, 0) is 18.2 Å². The molecule has 1 aromatic carbocycles. The van der Waals surface area contributed by atoms with Crippen molar-refractivity contribution in [1.82, 2.24) is 0 Å². The van der Waals surface area contributed by atoms with Gasteiger partial charge in [-0.2, -0.15) is 4.99 Å². The van der Waals surface area contributed by atoms with Crippen LogP contribution >= 0.6 is 15.9 Å². The summed E-state index contributed by atoms with van der Waals surface area (Å²) in [4.78, 5) is 10.1. The number of rotatable bonds is 4. The summed E-state index contributed by atoms with van der Waals surface area (Å²) in [6.45, 7) is 4.17. The Balaban J connectivity index is 2.77. The summed E-state index contributed by atoms with van der Waals surface area (Å²) in [7, 11) is 3.98. The van der Waals surface area contributed by atoms with E-state index in [1.54, 1.807) is 0 Å². The van der Waals surface area contributed by atoms with Gasteiger partial charge in [-0.25, -0.2) is 4.99 Å². The van der Waals surface area contributed by atoms with E-state index < -0.39 is 0 Å². The molecule has 16 heavy (non-hydrogen) atoms. The predicted octanol–water partition coefficient (Wildman–Crippen LogP) is 3.47. The molecule has 4 heteroatoms. The summed E-state index contributed by atoms with van der Waals surface area (Å²) in [6.07, 6.45) is 0. The quantitative estimate of drug-likeness (QED) is 0.776. The van der Waals surface area contributed by atoms with Gasteiger partial charge in [0, 0.05) is 24.3 Å². The molecule has 0 aliphatic rings. The summed E-state index contributed by atoms with van der Waals surface area (Å²) >= 11 is 3.21. The molecule has 0 saturated heterocycles. The molecule has 84 valence electrons. The van der Waals surface area contributed by atoms with Crippen LogP contribution in [0.2, 0.25) is 0 Å². The van der Waals surface area contributed by atoms with E-state index in [2.05, 4.69) is 38.5 Å². The van der Waals surface area contributed by atoms with Gasteiger partial charge in [0.05, 0.1) is 18.2 Å². The summed E-state index contributed by atoms with van der Waals surface area (Å²) < 4.78 is 0.817. The van der Waals surface area contributed by atoms with Crippen molar-refractivity contribution in [2.45, 2.75) is 0 Å². The summed E-state index contributed by atoms with van der Waals surface area (Å²) in [5.74, 6) is 0. The third-order valence-electron chi connectivity index (χ3n) is 1.85. The maximum Gasteiger partial charge on any atom is 0.0952 e. The normalized spacial score (nSPS) is 9.19. The van der Waals surface area contributed by atoms with Crippen molar-refractivity contribution in [2.24, 2.45) is 9.98 Å². The fourth-order valence-corrected chi connectivity index (χ4v) is 1.18. The largest absolute Gasteiger partial charge is 0.378 e. The van der Waals surface area contributed by atoms with E-state index in [0.717, 1.165) is 15.9 Å². The van der Waals surface area contributed by atoms with E-state index in [-0.39, 0.29) is 0 Å². The summed E-state index contributed by atoms with van der Waals surface area (Å²) in [6, 6.07) is 10.5. The first kappa shape index (κ1) is 12.7. The lowest BCUT2D eigenvalue weighted by atomic mass is 10.3. The van der Waals surface area contributed by atoms with Crippen LogP contribution in [0.15, 0.2) is 45.3 Å². The highest BCUT2D eigenvalue weighted by atomic mass is 79.9. The molecule has 1 rings (SSSR count). The van der Waals surface area contributed by atoms with Crippen molar-refractivity contribution >= 4 is 33.3 Å². The molecule has 3 nitrogen and oxygen atoms in total. The van der Waals surface area contributed by atoms with Gasteiger partial charge in [0.15, 0.2) is 0 Å². The lowest BCUT2D eigenvalue weighted by Crippen LogP contribution is -2.07. The van der Waals surface area contributed by atoms with Crippen molar-refractivity contribution in [3.05, 3.63) is 35.3 Å². The molecule has 0 heterocycles. The van der Waals surface area contributed by atoms with Gasteiger partial charge in [-0.3, -0.25) is 0 Å². The van der Waals surface area contributed by atoms with Crippen LogP contribution in [0.1, 0.15) is 0 Å². The summed E-state index contributed by atoms with van der Waals surface area (Å²) in [5.41, 5.74) is 1.95. The highest BCUT2D eigenvalue weighted by molar-refractivity contribution is 9.11. The zero-order chi connectivity index (χ0) is 12.0. The molecule has 1 aromatic rings. The van der Waals surface area contributed by atoms with Gasteiger partial charge in [-0.15, -0.1) is 0 Å². The first-order valence-electron chi connectivity index (χ1n) is 4.82. The maximum atomic E-state index is 4.12. The minimum atomic E-state index is 0.497. The number of benzene rings is 1. The Morgan fingerprint density at radius 2 is 2.25 bits per heavy atom. The van der Waals surface area contributed by atoms with Crippen molar-refractivity contribution in [3.63, 3.8) is 0 Å². The Morgan fingerprint density at radius 1 is 1.50 bits per heavy atom. The van der Waals surface area contributed by atoms with E-state index in [0.29, 0.717) is 6.54 Å². The van der Waals surface area contributed by atoms with E-state index in [1.807, 2.05) is 43.3 Å². The first-order valence-corrected chi connectivity index (χ1v) is 5.62. The van der Waals surface area contributed by atoms with Gasteiger partial charge in [0.25, 0.3) is 0 Å². The molecule has 0 spiro atoms. The van der Waals surface area contributed by atoms with Crippen molar-refractivity contribution in [3.8, 4) is 0 Å². The Hall–Kier alpha value is -1.38. The molecule has 0 aromatic heterocycles. The molecule has 0 aliphatic carbocycles. The van der Waals surface area contributed by atoms with E-state index in [1.165, 1.54) is 0 Å². The standard InChI is InChI=1S/C12H14BrN3/c1-10(13)8-14-9-15-11-5-4-6-12(7-11)16(2)3/h4-7H,1,8H2,2-3H3. The second-order valence-corrected chi connectivity index (χ2v) is 4.58. The number of hydrogen-bond acceptors (Lipinski definition) is 3. The molecule has 0 bridgehead atoms. The van der Waals surface area contributed by atoms with Crippen LogP contribution < -0.4 is 4.90 Å². The van der Waals surface area contributed by atoms with Gasteiger partial charge in [-0.1, -0.05) is 28.6 Å². The van der Waals surface area contributed by atoms with Gasteiger partial charge in [0.1, 0.15) is 0 Å². The minimum Gasteiger partial charge on any atom is -0.378 e. The van der Waals surface area contributed by atoms with Crippen LogP contribution in [0.5, 0.6) is 0 Å². The Morgan fingerprint density at radius 3 is 2.88 bits per heavy atom. The van der Waals surface area contributed by atoms with Crippen molar-refractivity contribution in [2.75, 3.05) is 25.5 Å². The maximum absolute atomic E-state index is 4.12. The zero-order valence-corrected chi connectivity index (χ0v) is 11.0. The van der Waals surface area contributed by atoms with Gasteiger partial charge < -0.3 is 4.90 Å². The minimum absolute atomic E-state index is 0.497. The third-order valence-corrected chi connectivity index (χ3v) is 2.10. The van der Waals surface area contributed by atoms with Crippen molar-refractivity contribution in [1.29, 1.82) is 0 Å². The van der Waals surface area contributed by atoms with Crippen LogP contribution in [0.25, 0.3) is 0 Å². The Labute approximate surface area is 104 Å². The van der Waals surface area contributed by atoms with E-state index in [4.69, 9.17) is 0 Å². The molecule has 0 atom stereocenters. The molecule has 0 amide bonds. The average Bonchev–Trinajstić information content (AvgIpc) is 2.24. The lowest BCUT2D eigenvalue weighted by Gasteiger charge is -2.11. The predicted molar refractivity (Wildman–Crippen MR) is 73.2 cm³/mol. The molecule has 0 fully saturated rings. The number of anilines is 1. The topological polar surface area (TPSA) is 28.0 Å². The highest BCUT2D eigenvalue weighted by Gasteiger charge is 1.94. The number of hydrogen-bond donors (Lipinski definition) is 0. The number of aliphatic imine (C=N–C) groups is 2. The fraction of sp³-hybridized carbons (Fsp3) is 0.250. The lowest BCUT2D eigenvalue weighted by molar-refractivity contribution is 1.13. The first-order chi connectivity index (χ1) is 7.59. The number of nitrogens with zero attached hydrogens (tertiary/aromatic N) is 3. The van der Waals surface area contributed by atoms with Gasteiger partial charge >= 0.3 is 0 Å². The Kier molecular flexibility index (Phi) is 4.96. The molecule has 0 unspecified atom stereocenters. The second kappa shape index (κ2) is 6.26. The second-order valence-electron chi connectivity index (χ2n) is 3.46. The highest BCUT2D eigenvalue weighted by Crippen LogP contribution is 2.18. The molecular weight excluding hydrogens is 266 g/mol. The molecule has 0 aliphatic heterocycles. The molecule has 0 radical (unpaired) electrons. The van der Waals surface area contributed by atoms with Crippen LogP contribution in [0, 0.1) is 0 Å². The van der Waals surface area contributed by atoms with E-state index in [9.17, 15) is 0 Å². The fourth-order valence-electron chi connectivity index (χ4n) is 1.05. The molecule has 0 saturated carbocycles. The van der Waals surface area contributed by atoms with E-state index >= 15 is 0 Å². The van der Waals surface area contributed by atoms with Crippen LogP contribution in [0.4, 0.5) is 11.4 Å². The molecular formula is C12H14BrN3. The monoisotopic (exact) mass is 279 g/mol. The van der Waals surface area contributed by atoms with Crippen LogP contribution in [-0.2, 0) is 0 Å². The van der Waals surface area contributed by atoms with Crippen molar-refractivity contribution < 1.29 is 0 Å². The Bertz CT molecular complexity index is 432. The summed E-state index contributed by atoms with van der Waals surface area (Å²) in [5, 5.41) is 0. The van der Waals surface area contributed by atoms with Gasteiger partial charge in [0.2, 0.25) is 0 Å². The van der Waals surface area contributed by atoms with Crippen LogP contribution in [-0.4, -0.2) is 26.6 Å². The smallest absolute Gasteiger partial charge is 0.0952 e. The zero-order valence-electron chi connectivity index (χ0n) is 9.44. The molecule has 0 N–H and O–H groups in total.